The molecule has 3 heterocycles. The number of benzene rings is 1. The summed E-state index contributed by atoms with van der Waals surface area (Å²) < 4.78 is 10.5. The molecule has 0 amide bonds. The van der Waals surface area contributed by atoms with Crippen molar-refractivity contribution in [3.05, 3.63) is 35.6 Å². The van der Waals surface area contributed by atoms with Crippen LogP contribution in [0.15, 0.2) is 39.6 Å². The topological polar surface area (TPSA) is 80.2 Å². The van der Waals surface area contributed by atoms with Gasteiger partial charge < -0.3 is 19.3 Å². The molecule has 0 aliphatic carbocycles. The third kappa shape index (κ3) is 2.80. The van der Waals surface area contributed by atoms with E-state index in [2.05, 4.69) is 25.5 Å². The molecule has 1 aromatic carbocycles. The molecule has 0 bridgehead atoms. The van der Waals surface area contributed by atoms with E-state index in [1.165, 1.54) is 6.26 Å². The first-order valence-corrected chi connectivity index (χ1v) is 7.69. The summed E-state index contributed by atoms with van der Waals surface area (Å²) >= 11 is 5.92. The quantitative estimate of drug-likeness (QED) is 0.789. The van der Waals surface area contributed by atoms with E-state index in [1.807, 2.05) is 12.1 Å². The Morgan fingerprint density at radius 2 is 1.87 bits per heavy atom. The van der Waals surface area contributed by atoms with Crippen LogP contribution in [-0.4, -0.2) is 41.5 Å². The Morgan fingerprint density at radius 3 is 2.65 bits per heavy atom. The van der Waals surface area contributed by atoms with Crippen LogP contribution >= 0.6 is 11.6 Å². The molecule has 8 heteroatoms. The second-order valence-electron chi connectivity index (χ2n) is 5.22. The highest BCUT2D eigenvalue weighted by Gasteiger charge is 2.21. The molecular weight excluding hydrogens is 318 g/mol. The van der Waals surface area contributed by atoms with Crippen LogP contribution in [0.5, 0.6) is 0 Å². The van der Waals surface area contributed by atoms with Gasteiger partial charge in [0.05, 0.1) is 0 Å². The highest BCUT2D eigenvalue weighted by Crippen LogP contribution is 2.31. The van der Waals surface area contributed by atoms with Crippen LogP contribution in [0.25, 0.3) is 22.7 Å². The minimum absolute atomic E-state index is 0.393. The molecule has 23 heavy (non-hydrogen) atoms. The van der Waals surface area contributed by atoms with E-state index in [0.717, 1.165) is 31.7 Å². The summed E-state index contributed by atoms with van der Waals surface area (Å²) in [4.78, 5) is 6.56. The molecule has 3 aromatic rings. The van der Waals surface area contributed by atoms with Crippen molar-refractivity contribution in [2.24, 2.45) is 0 Å². The number of halogens is 1. The monoisotopic (exact) mass is 331 g/mol. The second kappa shape index (κ2) is 6.02. The molecule has 1 fully saturated rings. The molecule has 0 radical (unpaired) electrons. The van der Waals surface area contributed by atoms with Gasteiger partial charge in [-0.2, -0.15) is 4.98 Å². The van der Waals surface area contributed by atoms with E-state index in [-0.39, 0.29) is 0 Å². The van der Waals surface area contributed by atoms with Gasteiger partial charge >= 0.3 is 0 Å². The van der Waals surface area contributed by atoms with Gasteiger partial charge in [0.15, 0.2) is 0 Å². The molecular formula is C15H14ClN5O2. The van der Waals surface area contributed by atoms with E-state index >= 15 is 0 Å². The van der Waals surface area contributed by atoms with Gasteiger partial charge in [-0.1, -0.05) is 28.9 Å². The third-order valence-electron chi connectivity index (χ3n) is 3.73. The number of piperazine rings is 1. The van der Waals surface area contributed by atoms with Crippen LogP contribution in [0.2, 0.25) is 5.02 Å². The first-order chi connectivity index (χ1) is 11.3. The van der Waals surface area contributed by atoms with Crippen molar-refractivity contribution >= 4 is 17.5 Å². The van der Waals surface area contributed by atoms with Crippen molar-refractivity contribution < 1.29 is 9.05 Å². The number of aromatic nitrogens is 3. The standard InChI is InChI=1S/C15H14ClN5O2/c16-11-3-1-10(2-4-11)13-12(9-22-19-13)14-18-15(20-23-14)21-7-5-17-6-8-21/h1-4,9,17H,5-8H2. The van der Waals surface area contributed by atoms with Gasteiger partial charge in [-0.05, 0) is 17.3 Å². The smallest absolute Gasteiger partial charge is 0.266 e. The molecule has 0 saturated carbocycles. The summed E-state index contributed by atoms with van der Waals surface area (Å²) in [5.74, 6) is 0.981. The van der Waals surface area contributed by atoms with Crippen LogP contribution in [-0.2, 0) is 0 Å². The number of rotatable bonds is 3. The lowest BCUT2D eigenvalue weighted by Crippen LogP contribution is -2.44. The third-order valence-corrected chi connectivity index (χ3v) is 3.98. The maximum absolute atomic E-state index is 5.92. The van der Waals surface area contributed by atoms with Gasteiger partial charge in [0, 0.05) is 36.8 Å². The molecule has 0 unspecified atom stereocenters. The van der Waals surface area contributed by atoms with E-state index in [1.54, 1.807) is 12.1 Å². The van der Waals surface area contributed by atoms with Crippen LogP contribution in [0, 0.1) is 0 Å². The lowest BCUT2D eigenvalue weighted by atomic mass is 10.1. The predicted molar refractivity (Wildman–Crippen MR) is 85.3 cm³/mol. The SMILES string of the molecule is Clc1ccc(-c2nocc2-c2nc(N3CCNCC3)no2)cc1. The Labute approximate surface area is 137 Å². The zero-order valence-electron chi connectivity index (χ0n) is 12.2. The normalized spacial score (nSPS) is 15.1. The minimum atomic E-state index is 0.393. The molecule has 2 aromatic heterocycles. The molecule has 1 N–H and O–H groups in total. The van der Waals surface area contributed by atoms with Gasteiger partial charge in [-0.15, -0.1) is 0 Å². The van der Waals surface area contributed by atoms with Crippen LogP contribution in [0.4, 0.5) is 5.95 Å². The van der Waals surface area contributed by atoms with Gasteiger partial charge in [-0.3, -0.25) is 0 Å². The fourth-order valence-corrected chi connectivity index (χ4v) is 2.65. The van der Waals surface area contributed by atoms with Crippen molar-refractivity contribution in [3.8, 4) is 22.7 Å². The molecule has 118 valence electrons. The Hall–Kier alpha value is -2.38. The Balaban J connectivity index is 1.65. The first-order valence-electron chi connectivity index (χ1n) is 7.31. The van der Waals surface area contributed by atoms with Crippen LogP contribution in [0.3, 0.4) is 0 Å². The van der Waals surface area contributed by atoms with Crippen molar-refractivity contribution in [3.63, 3.8) is 0 Å². The summed E-state index contributed by atoms with van der Waals surface area (Å²) in [5.41, 5.74) is 2.19. The Morgan fingerprint density at radius 1 is 1.09 bits per heavy atom. The highest BCUT2D eigenvalue weighted by molar-refractivity contribution is 6.30. The maximum atomic E-state index is 5.92. The average molecular weight is 332 g/mol. The van der Waals surface area contributed by atoms with Crippen LogP contribution < -0.4 is 10.2 Å². The summed E-state index contributed by atoms with van der Waals surface area (Å²) in [6, 6.07) is 7.35. The molecule has 1 saturated heterocycles. The lowest BCUT2D eigenvalue weighted by molar-refractivity contribution is 0.417. The predicted octanol–water partition coefficient (Wildman–Crippen LogP) is 2.45. The lowest BCUT2D eigenvalue weighted by Gasteiger charge is -2.25. The average Bonchev–Trinajstić information content (AvgIpc) is 3.25. The highest BCUT2D eigenvalue weighted by atomic mass is 35.5. The van der Waals surface area contributed by atoms with Crippen LogP contribution in [0.1, 0.15) is 0 Å². The number of nitrogens with one attached hydrogen (secondary N) is 1. The number of anilines is 1. The van der Waals surface area contributed by atoms with E-state index in [9.17, 15) is 0 Å². The summed E-state index contributed by atoms with van der Waals surface area (Å²) in [7, 11) is 0. The van der Waals surface area contributed by atoms with Gasteiger partial charge in [0.2, 0.25) is 0 Å². The fraction of sp³-hybridized carbons (Fsp3) is 0.267. The maximum Gasteiger partial charge on any atom is 0.266 e. The zero-order chi connectivity index (χ0) is 15.6. The Bertz CT molecular complexity index is 792. The molecule has 1 aliphatic heterocycles. The Kier molecular flexibility index (Phi) is 3.72. The second-order valence-corrected chi connectivity index (χ2v) is 5.66. The number of nitrogens with zero attached hydrogens (tertiary/aromatic N) is 4. The largest absolute Gasteiger partial charge is 0.363 e. The zero-order valence-corrected chi connectivity index (χ0v) is 13.0. The first kappa shape index (κ1) is 14.2. The van der Waals surface area contributed by atoms with Gasteiger partial charge in [-0.25, -0.2) is 0 Å². The fourth-order valence-electron chi connectivity index (χ4n) is 2.52. The van der Waals surface area contributed by atoms with Crippen molar-refractivity contribution in [1.82, 2.24) is 20.6 Å². The summed E-state index contributed by atoms with van der Waals surface area (Å²) in [6.45, 7) is 3.53. The molecule has 0 atom stereocenters. The molecule has 1 aliphatic rings. The van der Waals surface area contributed by atoms with E-state index in [0.29, 0.717) is 28.1 Å². The van der Waals surface area contributed by atoms with Gasteiger partial charge in [0.1, 0.15) is 17.5 Å². The molecule has 0 spiro atoms. The summed E-state index contributed by atoms with van der Waals surface area (Å²) in [6.07, 6.45) is 1.51. The molecule has 4 rings (SSSR count). The molecule has 7 nitrogen and oxygen atoms in total. The van der Waals surface area contributed by atoms with Gasteiger partial charge in [0.25, 0.3) is 11.8 Å². The minimum Gasteiger partial charge on any atom is -0.363 e. The number of hydrogen-bond donors (Lipinski definition) is 1. The van der Waals surface area contributed by atoms with E-state index < -0.39 is 0 Å². The van der Waals surface area contributed by atoms with E-state index in [4.69, 9.17) is 20.6 Å². The van der Waals surface area contributed by atoms with Crippen molar-refractivity contribution in [2.45, 2.75) is 0 Å². The van der Waals surface area contributed by atoms with Crippen molar-refractivity contribution in [1.29, 1.82) is 0 Å². The van der Waals surface area contributed by atoms with Crippen molar-refractivity contribution in [2.75, 3.05) is 31.1 Å². The number of hydrogen-bond acceptors (Lipinski definition) is 7. The summed E-state index contributed by atoms with van der Waals surface area (Å²) in [5, 5.41) is 12.1.